The number of anilines is 2. The molecule has 0 aliphatic carbocycles. The minimum absolute atomic E-state index is 0.00276. The van der Waals surface area contributed by atoms with E-state index in [0.29, 0.717) is 16.8 Å². The molecule has 1 aromatic heterocycles. The van der Waals surface area contributed by atoms with Crippen LogP contribution in [-0.4, -0.2) is 84.4 Å². The molecule has 2 aliphatic rings. The molecule has 1 saturated heterocycles. The highest BCUT2D eigenvalue weighted by Crippen LogP contribution is 2.32. The molecular formula is C30H34N6O5. The van der Waals surface area contributed by atoms with Crippen molar-refractivity contribution >= 4 is 29.4 Å². The Hall–Kier alpha value is -4.48. The van der Waals surface area contributed by atoms with Crippen LogP contribution in [0.15, 0.2) is 67.3 Å². The molecule has 3 heterocycles. The number of nitrogens with zero attached hydrogens (tertiary/aromatic N) is 5. The lowest BCUT2D eigenvalue weighted by Crippen LogP contribution is -2.44. The number of hydrogen-bond acceptors (Lipinski definition) is 8. The second-order valence-electron chi connectivity index (χ2n) is 10.1. The monoisotopic (exact) mass is 558 g/mol. The van der Waals surface area contributed by atoms with Gasteiger partial charge in [0.25, 0.3) is 11.8 Å². The Balaban J connectivity index is 1.35. The van der Waals surface area contributed by atoms with Crippen molar-refractivity contribution in [3.8, 4) is 0 Å². The molecule has 0 bridgehead atoms. The first-order valence-corrected chi connectivity index (χ1v) is 13.5. The first-order valence-electron chi connectivity index (χ1n) is 13.5. The van der Waals surface area contributed by atoms with E-state index in [0.717, 1.165) is 42.1 Å². The van der Waals surface area contributed by atoms with E-state index in [1.165, 1.54) is 13.2 Å². The molecule has 2 aromatic carbocycles. The van der Waals surface area contributed by atoms with E-state index in [-0.39, 0.29) is 37.3 Å². The van der Waals surface area contributed by atoms with E-state index >= 15 is 0 Å². The number of rotatable bonds is 8. The van der Waals surface area contributed by atoms with E-state index in [9.17, 15) is 14.4 Å². The average molecular weight is 559 g/mol. The molecule has 41 heavy (non-hydrogen) atoms. The summed E-state index contributed by atoms with van der Waals surface area (Å²) in [6, 6.07) is 16.6. The van der Waals surface area contributed by atoms with Crippen LogP contribution in [0, 0.1) is 0 Å². The van der Waals surface area contributed by atoms with E-state index in [2.05, 4.69) is 33.8 Å². The zero-order valence-electron chi connectivity index (χ0n) is 23.3. The third-order valence-corrected chi connectivity index (χ3v) is 7.38. The van der Waals surface area contributed by atoms with Crippen molar-refractivity contribution in [1.82, 2.24) is 19.6 Å². The third kappa shape index (κ3) is 6.01. The van der Waals surface area contributed by atoms with Crippen molar-refractivity contribution in [3.63, 3.8) is 0 Å². The molecule has 11 heteroatoms. The Morgan fingerprint density at radius 3 is 2.39 bits per heavy atom. The van der Waals surface area contributed by atoms with E-state index < -0.39 is 12.2 Å². The molecule has 2 amide bonds. The lowest BCUT2D eigenvalue weighted by molar-refractivity contribution is -0.143. The van der Waals surface area contributed by atoms with Crippen LogP contribution in [0.1, 0.15) is 33.3 Å². The van der Waals surface area contributed by atoms with Crippen LogP contribution in [0.2, 0.25) is 0 Å². The third-order valence-electron chi connectivity index (χ3n) is 7.38. The van der Waals surface area contributed by atoms with Gasteiger partial charge in [-0.2, -0.15) is 4.68 Å². The number of nitrogens with one attached hydrogen (secondary N) is 1. The van der Waals surface area contributed by atoms with Gasteiger partial charge in [-0.05, 0) is 36.9 Å². The fourth-order valence-electron chi connectivity index (χ4n) is 5.08. The normalized spacial score (nSPS) is 15.8. The molecule has 2 aliphatic heterocycles. The van der Waals surface area contributed by atoms with Gasteiger partial charge >= 0.3 is 6.09 Å². The summed E-state index contributed by atoms with van der Waals surface area (Å²) in [5.41, 5.74) is 3.27. The lowest BCUT2D eigenvalue weighted by atomic mass is 10.1. The largest absolute Gasteiger partial charge is 0.444 e. The van der Waals surface area contributed by atoms with Crippen LogP contribution in [0.4, 0.5) is 16.3 Å². The summed E-state index contributed by atoms with van der Waals surface area (Å²) in [6.45, 7) is 7.65. The van der Waals surface area contributed by atoms with Crippen molar-refractivity contribution < 1.29 is 23.9 Å². The molecule has 0 radical (unpaired) electrons. The highest BCUT2D eigenvalue weighted by atomic mass is 16.6. The molecular weight excluding hydrogens is 524 g/mol. The number of benzene rings is 2. The van der Waals surface area contributed by atoms with Crippen molar-refractivity contribution in [2.24, 2.45) is 0 Å². The molecule has 5 rings (SSSR count). The van der Waals surface area contributed by atoms with Gasteiger partial charge in [-0.1, -0.05) is 43.0 Å². The molecule has 1 N–H and O–H groups in total. The standard InChI is InChI=1S/C30H34N6O5/c1-4-18-41-30(39)36-25-20-35(29(38)26(40-3)21-8-6-5-7-9-21)19-24(25)27(32-36)31-28(37)22-10-12-23(13-11-22)34-16-14-33(2)15-17-34/h4-13,26H,1,14-20H2,2-3H3,(H,31,32,37)/t26-/m1/s1. The maximum Gasteiger partial charge on any atom is 0.435 e. The minimum Gasteiger partial charge on any atom is -0.444 e. The maximum absolute atomic E-state index is 13.5. The molecule has 0 spiro atoms. The van der Waals surface area contributed by atoms with Gasteiger partial charge in [0.15, 0.2) is 11.9 Å². The summed E-state index contributed by atoms with van der Waals surface area (Å²) in [5, 5.41) is 7.20. The van der Waals surface area contributed by atoms with Crippen LogP contribution >= 0.6 is 0 Å². The smallest absolute Gasteiger partial charge is 0.435 e. The van der Waals surface area contributed by atoms with Crippen molar-refractivity contribution in [1.29, 1.82) is 0 Å². The van der Waals surface area contributed by atoms with Gasteiger partial charge in [0.1, 0.15) is 6.61 Å². The second kappa shape index (κ2) is 12.4. The summed E-state index contributed by atoms with van der Waals surface area (Å²) in [5.74, 6) is -0.434. The summed E-state index contributed by atoms with van der Waals surface area (Å²) >= 11 is 0. The summed E-state index contributed by atoms with van der Waals surface area (Å²) in [6.07, 6.45) is -0.0836. The molecule has 1 atom stereocenters. The Morgan fingerprint density at radius 1 is 1.02 bits per heavy atom. The topological polar surface area (TPSA) is 109 Å². The zero-order chi connectivity index (χ0) is 28.9. The summed E-state index contributed by atoms with van der Waals surface area (Å²) in [4.78, 5) is 45.7. The Bertz CT molecular complexity index is 1410. The van der Waals surface area contributed by atoms with Crippen molar-refractivity contribution in [2.75, 3.05) is 57.2 Å². The zero-order valence-corrected chi connectivity index (χ0v) is 23.3. The Labute approximate surface area is 238 Å². The second-order valence-corrected chi connectivity index (χ2v) is 10.1. The first-order chi connectivity index (χ1) is 19.9. The Kier molecular flexibility index (Phi) is 8.46. The highest BCUT2D eigenvalue weighted by molar-refractivity contribution is 6.04. The molecule has 0 unspecified atom stereocenters. The first kappa shape index (κ1) is 28.1. The number of carbonyl (C=O) groups is 3. The number of hydrogen-bond donors (Lipinski definition) is 1. The van der Waals surface area contributed by atoms with Gasteiger partial charge < -0.3 is 29.5 Å². The summed E-state index contributed by atoms with van der Waals surface area (Å²) < 4.78 is 11.8. The number of ether oxygens (including phenoxy) is 2. The van der Waals surface area contributed by atoms with Crippen LogP contribution in [0.5, 0.6) is 0 Å². The number of amides is 2. The van der Waals surface area contributed by atoms with E-state index in [4.69, 9.17) is 9.47 Å². The molecule has 11 nitrogen and oxygen atoms in total. The predicted molar refractivity (Wildman–Crippen MR) is 154 cm³/mol. The fourth-order valence-corrected chi connectivity index (χ4v) is 5.08. The van der Waals surface area contributed by atoms with Crippen molar-refractivity contribution in [2.45, 2.75) is 19.2 Å². The van der Waals surface area contributed by atoms with Crippen LogP contribution < -0.4 is 10.2 Å². The van der Waals surface area contributed by atoms with Gasteiger partial charge in [0, 0.05) is 50.1 Å². The molecule has 1 fully saturated rings. The highest BCUT2D eigenvalue weighted by Gasteiger charge is 2.36. The van der Waals surface area contributed by atoms with Crippen molar-refractivity contribution in [3.05, 3.63) is 89.6 Å². The van der Waals surface area contributed by atoms with Crippen LogP contribution in [-0.2, 0) is 27.4 Å². The minimum atomic E-state index is -0.814. The van der Waals surface area contributed by atoms with E-state index in [1.54, 1.807) is 17.0 Å². The number of likely N-dealkylation sites (N-methyl/N-ethyl adjacent to an activating group) is 1. The van der Waals surface area contributed by atoms with Gasteiger partial charge in [-0.3, -0.25) is 9.59 Å². The molecule has 0 saturated carbocycles. The van der Waals surface area contributed by atoms with Gasteiger partial charge in [0.05, 0.1) is 18.8 Å². The van der Waals surface area contributed by atoms with Crippen LogP contribution in [0.3, 0.4) is 0 Å². The molecule has 214 valence electrons. The maximum atomic E-state index is 13.5. The van der Waals surface area contributed by atoms with Gasteiger partial charge in [-0.25, -0.2) is 4.79 Å². The number of carbonyl (C=O) groups excluding carboxylic acids is 3. The average Bonchev–Trinajstić information content (AvgIpc) is 3.58. The SMILES string of the molecule is C=CCOC(=O)n1nc(NC(=O)c2ccc(N3CCN(C)CC3)cc2)c2c1CN(C(=O)[C@H](OC)c1ccccc1)C2. The Morgan fingerprint density at radius 2 is 1.73 bits per heavy atom. The number of aromatic nitrogens is 2. The van der Waals surface area contributed by atoms with E-state index in [1.807, 2.05) is 42.5 Å². The number of methoxy groups -OCH3 is 1. The fraction of sp³-hybridized carbons (Fsp3) is 0.333. The van der Waals surface area contributed by atoms with Gasteiger partial charge in [0.2, 0.25) is 0 Å². The summed E-state index contributed by atoms with van der Waals surface area (Å²) in [7, 11) is 3.59. The number of fused-ring (bicyclic) bond motifs is 1. The lowest BCUT2D eigenvalue weighted by Gasteiger charge is -2.34. The molecule has 3 aromatic rings. The quantitative estimate of drug-likeness (QED) is 0.420. The van der Waals surface area contributed by atoms with Gasteiger partial charge in [-0.15, -0.1) is 5.10 Å². The number of piperazine rings is 1. The van der Waals surface area contributed by atoms with Crippen LogP contribution in [0.25, 0.3) is 0 Å². The predicted octanol–water partition coefficient (Wildman–Crippen LogP) is 3.29.